The number of hydrogen-bond acceptors (Lipinski definition) is 4. The maximum atomic E-state index is 12.0. The van der Waals surface area contributed by atoms with Crippen molar-refractivity contribution in [2.24, 2.45) is 0 Å². The van der Waals surface area contributed by atoms with E-state index < -0.39 is 0 Å². The molecule has 0 saturated heterocycles. The summed E-state index contributed by atoms with van der Waals surface area (Å²) in [5.41, 5.74) is 0.714. The lowest BCUT2D eigenvalue weighted by Gasteiger charge is -2.10. The second-order valence-corrected chi connectivity index (χ2v) is 6.19. The van der Waals surface area contributed by atoms with Crippen LogP contribution in [-0.2, 0) is 19.6 Å². The number of pyridine rings is 1. The highest BCUT2D eigenvalue weighted by Gasteiger charge is 2.15. The summed E-state index contributed by atoms with van der Waals surface area (Å²) < 4.78 is 9.69. The van der Waals surface area contributed by atoms with Gasteiger partial charge in [-0.2, -0.15) is 0 Å². The van der Waals surface area contributed by atoms with Crippen molar-refractivity contribution in [2.45, 2.75) is 38.8 Å². The van der Waals surface area contributed by atoms with Crippen molar-refractivity contribution in [3.05, 3.63) is 70.7 Å². The second kappa shape index (κ2) is 6.93. The van der Waals surface area contributed by atoms with Crippen LogP contribution in [0.4, 0.5) is 0 Å². The highest BCUT2D eigenvalue weighted by molar-refractivity contribution is 5.39. The maximum absolute atomic E-state index is 12.0. The number of hydrogen-bond donors (Lipinski definition) is 0. The van der Waals surface area contributed by atoms with E-state index in [1.54, 1.807) is 22.9 Å². The predicted octanol–water partition coefficient (Wildman–Crippen LogP) is 2.73. The molecule has 0 spiro atoms. The van der Waals surface area contributed by atoms with Crippen LogP contribution in [0.1, 0.15) is 30.9 Å². The molecule has 0 saturated carbocycles. The summed E-state index contributed by atoms with van der Waals surface area (Å²) in [7, 11) is 0. The zero-order valence-corrected chi connectivity index (χ0v) is 14.0. The summed E-state index contributed by atoms with van der Waals surface area (Å²) in [5, 5.41) is 8.58. The predicted molar refractivity (Wildman–Crippen MR) is 93.9 cm³/mol. The fraction of sp³-hybridized carbons (Fsp3) is 0.316. The van der Waals surface area contributed by atoms with Crippen LogP contribution < -0.4 is 10.3 Å². The van der Waals surface area contributed by atoms with E-state index in [4.69, 9.17) is 4.74 Å². The summed E-state index contributed by atoms with van der Waals surface area (Å²) in [6.07, 6.45) is 6.30. The average Bonchev–Trinajstić information content (AvgIpc) is 2.87. The van der Waals surface area contributed by atoms with Crippen LogP contribution in [-0.4, -0.2) is 19.3 Å². The fourth-order valence-corrected chi connectivity index (χ4v) is 3.16. The number of rotatable bonds is 4. The summed E-state index contributed by atoms with van der Waals surface area (Å²) >= 11 is 0. The molecular weight excluding hydrogens is 316 g/mol. The van der Waals surface area contributed by atoms with Gasteiger partial charge in [-0.1, -0.05) is 18.6 Å². The van der Waals surface area contributed by atoms with E-state index >= 15 is 0 Å². The minimum Gasteiger partial charge on any atom is -0.486 e. The molecule has 0 aliphatic carbocycles. The highest BCUT2D eigenvalue weighted by atomic mass is 16.5. The molecule has 2 aromatic heterocycles. The topological polar surface area (TPSA) is 61.9 Å². The van der Waals surface area contributed by atoms with Gasteiger partial charge < -0.3 is 9.30 Å². The Labute approximate surface area is 145 Å². The molecule has 0 unspecified atom stereocenters. The van der Waals surface area contributed by atoms with Gasteiger partial charge in [-0.3, -0.25) is 9.36 Å². The first kappa shape index (κ1) is 15.6. The minimum absolute atomic E-state index is 0.0672. The molecule has 0 atom stereocenters. The first-order valence-corrected chi connectivity index (χ1v) is 8.63. The van der Waals surface area contributed by atoms with Gasteiger partial charge in [0.2, 0.25) is 0 Å². The van der Waals surface area contributed by atoms with Crippen LogP contribution in [0.5, 0.6) is 5.75 Å². The average molecular weight is 336 g/mol. The van der Waals surface area contributed by atoms with E-state index in [1.165, 1.54) is 12.8 Å². The molecule has 6 nitrogen and oxygen atoms in total. The zero-order chi connectivity index (χ0) is 17.1. The number of aromatic nitrogens is 4. The first-order valence-electron chi connectivity index (χ1n) is 8.63. The molecule has 0 amide bonds. The van der Waals surface area contributed by atoms with Crippen LogP contribution in [0.15, 0.2) is 53.5 Å². The smallest absolute Gasteiger partial charge is 0.255 e. The molecule has 1 aliphatic rings. The Bertz CT molecular complexity index is 929. The van der Waals surface area contributed by atoms with Crippen molar-refractivity contribution in [1.29, 1.82) is 0 Å². The van der Waals surface area contributed by atoms with Crippen LogP contribution in [0.2, 0.25) is 0 Å². The van der Waals surface area contributed by atoms with Gasteiger partial charge in [0.25, 0.3) is 5.56 Å². The van der Waals surface area contributed by atoms with Gasteiger partial charge in [0.1, 0.15) is 18.2 Å². The van der Waals surface area contributed by atoms with Gasteiger partial charge >= 0.3 is 0 Å². The largest absolute Gasteiger partial charge is 0.486 e. The molecule has 1 aliphatic heterocycles. The van der Waals surface area contributed by atoms with Crippen molar-refractivity contribution < 1.29 is 4.74 Å². The minimum atomic E-state index is -0.0672. The van der Waals surface area contributed by atoms with E-state index in [9.17, 15) is 4.79 Å². The van der Waals surface area contributed by atoms with E-state index in [0.717, 1.165) is 36.7 Å². The van der Waals surface area contributed by atoms with Crippen LogP contribution in [0, 0.1) is 0 Å². The second-order valence-electron chi connectivity index (χ2n) is 6.19. The molecule has 25 heavy (non-hydrogen) atoms. The molecule has 6 heteroatoms. The Hall–Kier alpha value is -2.89. The molecule has 4 rings (SSSR count). The SMILES string of the molecule is O=c1ccccn1-c1cccc(OCc2nnc3n2CCCCC3)c1. The quantitative estimate of drug-likeness (QED) is 0.735. The normalized spacial score (nSPS) is 13.9. The number of aryl methyl sites for hydroxylation is 1. The third-order valence-electron chi connectivity index (χ3n) is 4.47. The van der Waals surface area contributed by atoms with Gasteiger partial charge in [-0.25, -0.2) is 0 Å². The van der Waals surface area contributed by atoms with E-state index in [2.05, 4.69) is 14.8 Å². The molecule has 0 fully saturated rings. The van der Waals surface area contributed by atoms with Crippen molar-refractivity contribution >= 4 is 0 Å². The Morgan fingerprint density at radius 1 is 1.04 bits per heavy atom. The molecular formula is C19H20N4O2. The van der Waals surface area contributed by atoms with Crippen LogP contribution in [0.25, 0.3) is 5.69 Å². The number of benzene rings is 1. The molecule has 3 aromatic rings. The summed E-state index contributed by atoms with van der Waals surface area (Å²) in [6.45, 7) is 1.33. The lowest BCUT2D eigenvalue weighted by atomic mass is 10.2. The Morgan fingerprint density at radius 3 is 2.92 bits per heavy atom. The standard InChI is InChI=1S/C19H20N4O2/c24-19-10-3-5-11-22(19)15-7-6-8-16(13-15)25-14-18-21-20-17-9-2-1-4-12-23(17)18/h3,5-8,10-11,13H,1-2,4,9,12,14H2. The summed E-state index contributed by atoms with van der Waals surface area (Å²) in [5.74, 6) is 2.62. The lowest BCUT2D eigenvalue weighted by molar-refractivity contribution is 0.288. The number of ether oxygens (including phenoxy) is 1. The van der Waals surface area contributed by atoms with Crippen LogP contribution >= 0.6 is 0 Å². The van der Waals surface area contributed by atoms with E-state index in [1.807, 2.05) is 30.3 Å². The monoisotopic (exact) mass is 336 g/mol. The summed E-state index contributed by atoms with van der Waals surface area (Å²) in [6, 6.07) is 12.6. The third-order valence-corrected chi connectivity index (χ3v) is 4.47. The van der Waals surface area contributed by atoms with Crippen molar-refractivity contribution in [1.82, 2.24) is 19.3 Å². The van der Waals surface area contributed by atoms with Crippen molar-refractivity contribution in [3.63, 3.8) is 0 Å². The van der Waals surface area contributed by atoms with Gasteiger partial charge in [0, 0.05) is 31.3 Å². The number of nitrogens with zero attached hydrogens (tertiary/aromatic N) is 4. The third kappa shape index (κ3) is 3.33. The lowest BCUT2D eigenvalue weighted by Crippen LogP contribution is -2.15. The Balaban J connectivity index is 1.53. The maximum Gasteiger partial charge on any atom is 0.255 e. The van der Waals surface area contributed by atoms with Crippen molar-refractivity contribution in [2.75, 3.05) is 0 Å². The molecule has 3 heterocycles. The zero-order valence-electron chi connectivity index (χ0n) is 14.0. The molecule has 0 N–H and O–H groups in total. The van der Waals surface area contributed by atoms with Gasteiger partial charge in [0.15, 0.2) is 5.82 Å². The highest BCUT2D eigenvalue weighted by Crippen LogP contribution is 2.19. The van der Waals surface area contributed by atoms with Gasteiger partial charge in [0.05, 0.1) is 5.69 Å². The van der Waals surface area contributed by atoms with E-state index in [0.29, 0.717) is 12.4 Å². The number of fused-ring (bicyclic) bond motifs is 1. The Kier molecular flexibility index (Phi) is 4.33. The molecule has 0 radical (unpaired) electrons. The van der Waals surface area contributed by atoms with Gasteiger partial charge in [-0.15, -0.1) is 10.2 Å². The molecule has 128 valence electrons. The van der Waals surface area contributed by atoms with Crippen molar-refractivity contribution in [3.8, 4) is 11.4 Å². The fourth-order valence-electron chi connectivity index (χ4n) is 3.16. The molecule has 0 bridgehead atoms. The van der Waals surface area contributed by atoms with Gasteiger partial charge in [-0.05, 0) is 31.0 Å². The molecule has 1 aromatic carbocycles. The Morgan fingerprint density at radius 2 is 2.00 bits per heavy atom. The summed E-state index contributed by atoms with van der Waals surface area (Å²) in [4.78, 5) is 12.0. The van der Waals surface area contributed by atoms with E-state index in [-0.39, 0.29) is 5.56 Å². The van der Waals surface area contributed by atoms with Crippen LogP contribution in [0.3, 0.4) is 0 Å². The first-order chi connectivity index (χ1) is 12.3.